The molecule has 4 heteroatoms. The third kappa shape index (κ3) is 3.19. The highest BCUT2D eigenvalue weighted by Crippen LogP contribution is 2.31. The predicted octanol–water partition coefficient (Wildman–Crippen LogP) is 0.917. The largest absolute Gasteiger partial charge is 0.383 e. The monoisotopic (exact) mass is 228 g/mol. The molecule has 0 aliphatic carbocycles. The van der Waals surface area contributed by atoms with Gasteiger partial charge in [0.2, 0.25) is 5.91 Å². The van der Waals surface area contributed by atoms with Crippen LogP contribution in [0.4, 0.5) is 0 Å². The number of hydrogen-bond acceptors (Lipinski definition) is 3. The van der Waals surface area contributed by atoms with Gasteiger partial charge in [-0.3, -0.25) is 4.79 Å². The summed E-state index contributed by atoms with van der Waals surface area (Å²) < 4.78 is 5.03. The molecule has 1 rings (SSSR count). The van der Waals surface area contributed by atoms with E-state index in [0.29, 0.717) is 6.61 Å². The van der Waals surface area contributed by atoms with Crippen molar-refractivity contribution in [3.63, 3.8) is 0 Å². The summed E-state index contributed by atoms with van der Waals surface area (Å²) in [5.74, 6) is 0.184. The molecule has 1 heterocycles. The number of rotatable bonds is 6. The Kier molecular flexibility index (Phi) is 5.22. The highest BCUT2D eigenvalue weighted by molar-refractivity contribution is 5.83. The Labute approximate surface area is 98.1 Å². The van der Waals surface area contributed by atoms with Gasteiger partial charge in [0.25, 0.3) is 0 Å². The van der Waals surface area contributed by atoms with Crippen LogP contribution in [0.25, 0.3) is 0 Å². The Morgan fingerprint density at radius 2 is 2.38 bits per heavy atom. The Hall–Kier alpha value is -0.610. The molecule has 1 fully saturated rings. The van der Waals surface area contributed by atoms with Crippen LogP contribution < -0.4 is 10.6 Å². The molecular weight excluding hydrogens is 204 g/mol. The van der Waals surface area contributed by atoms with Crippen LogP contribution in [0.3, 0.4) is 0 Å². The lowest BCUT2D eigenvalue weighted by Crippen LogP contribution is -2.47. The zero-order valence-corrected chi connectivity index (χ0v) is 10.6. The lowest BCUT2D eigenvalue weighted by atomic mass is 9.81. The van der Waals surface area contributed by atoms with Gasteiger partial charge < -0.3 is 15.4 Å². The summed E-state index contributed by atoms with van der Waals surface area (Å²) in [4.78, 5) is 12.2. The molecule has 0 saturated carbocycles. The van der Waals surface area contributed by atoms with Crippen molar-refractivity contribution in [1.82, 2.24) is 10.6 Å². The topological polar surface area (TPSA) is 50.4 Å². The lowest BCUT2D eigenvalue weighted by Gasteiger charge is -2.28. The molecule has 2 unspecified atom stereocenters. The first-order valence-electron chi connectivity index (χ1n) is 6.15. The third-order valence-corrected chi connectivity index (χ3v) is 3.25. The van der Waals surface area contributed by atoms with Crippen molar-refractivity contribution < 1.29 is 9.53 Å². The number of carbonyl (C=O) groups is 1. The average Bonchev–Trinajstić information content (AvgIpc) is 2.68. The number of hydrogen-bond donors (Lipinski definition) is 2. The van der Waals surface area contributed by atoms with Crippen molar-refractivity contribution in [2.24, 2.45) is 5.41 Å². The molecule has 0 aromatic heterocycles. The van der Waals surface area contributed by atoms with Gasteiger partial charge in [-0.2, -0.15) is 0 Å². The highest BCUT2D eigenvalue weighted by atomic mass is 16.5. The summed E-state index contributed by atoms with van der Waals surface area (Å²) in [7, 11) is 1.65. The summed E-state index contributed by atoms with van der Waals surface area (Å²) in [6.45, 7) is 6.44. The zero-order chi connectivity index (χ0) is 12.0. The van der Waals surface area contributed by atoms with Crippen molar-refractivity contribution in [2.75, 3.05) is 26.8 Å². The van der Waals surface area contributed by atoms with E-state index in [-0.39, 0.29) is 17.4 Å². The van der Waals surface area contributed by atoms with Crippen LogP contribution >= 0.6 is 0 Å². The molecule has 1 aliphatic rings. The van der Waals surface area contributed by atoms with E-state index in [9.17, 15) is 4.79 Å². The summed E-state index contributed by atoms with van der Waals surface area (Å²) in [5.41, 5.74) is -0.184. The summed E-state index contributed by atoms with van der Waals surface area (Å²) >= 11 is 0. The number of methoxy groups -OCH3 is 1. The van der Waals surface area contributed by atoms with Gasteiger partial charge in [0.15, 0.2) is 0 Å². The van der Waals surface area contributed by atoms with Gasteiger partial charge in [-0.05, 0) is 26.3 Å². The Balaban J connectivity index is 2.54. The SMILES string of the molecule is CCCC1(C(=O)NC(C)COC)CCNC1. The minimum Gasteiger partial charge on any atom is -0.383 e. The Bertz CT molecular complexity index is 225. The number of ether oxygens (including phenoxy) is 1. The fourth-order valence-corrected chi connectivity index (χ4v) is 2.41. The summed E-state index contributed by atoms with van der Waals surface area (Å²) in [6.07, 6.45) is 2.96. The Morgan fingerprint density at radius 3 is 2.88 bits per heavy atom. The zero-order valence-electron chi connectivity index (χ0n) is 10.6. The van der Waals surface area contributed by atoms with E-state index in [0.717, 1.165) is 32.4 Å². The van der Waals surface area contributed by atoms with Crippen LogP contribution in [0.1, 0.15) is 33.1 Å². The molecule has 2 N–H and O–H groups in total. The Morgan fingerprint density at radius 1 is 1.62 bits per heavy atom. The minimum atomic E-state index is -0.184. The lowest BCUT2D eigenvalue weighted by molar-refractivity contribution is -0.131. The van der Waals surface area contributed by atoms with Crippen molar-refractivity contribution in [3.05, 3.63) is 0 Å². The first-order valence-corrected chi connectivity index (χ1v) is 6.15. The number of amides is 1. The van der Waals surface area contributed by atoms with Gasteiger partial charge in [0.05, 0.1) is 12.0 Å². The van der Waals surface area contributed by atoms with E-state index in [1.807, 2.05) is 6.92 Å². The van der Waals surface area contributed by atoms with Crippen LogP contribution in [-0.2, 0) is 9.53 Å². The fraction of sp³-hybridized carbons (Fsp3) is 0.917. The van der Waals surface area contributed by atoms with Gasteiger partial charge in [0.1, 0.15) is 0 Å². The first-order chi connectivity index (χ1) is 7.64. The van der Waals surface area contributed by atoms with Crippen LogP contribution in [0, 0.1) is 5.41 Å². The van der Waals surface area contributed by atoms with Crippen molar-refractivity contribution in [2.45, 2.75) is 39.2 Å². The molecule has 1 amide bonds. The van der Waals surface area contributed by atoms with Gasteiger partial charge in [-0.1, -0.05) is 13.3 Å². The maximum Gasteiger partial charge on any atom is 0.227 e. The second-order valence-electron chi connectivity index (χ2n) is 4.79. The maximum absolute atomic E-state index is 12.2. The quantitative estimate of drug-likeness (QED) is 0.710. The molecule has 0 bridgehead atoms. The van der Waals surface area contributed by atoms with Crippen LogP contribution in [-0.4, -0.2) is 38.8 Å². The van der Waals surface area contributed by atoms with E-state index in [1.54, 1.807) is 7.11 Å². The molecule has 0 radical (unpaired) electrons. The second-order valence-corrected chi connectivity index (χ2v) is 4.79. The molecule has 4 nitrogen and oxygen atoms in total. The van der Waals surface area contributed by atoms with Gasteiger partial charge in [-0.15, -0.1) is 0 Å². The summed E-state index contributed by atoms with van der Waals surface area (Å²) in [6, 6.07) is 0.0897. The fourth-order valence-electron chi connectivity index (χ4n) is 2.41. The standard InChI is InChI=1S/C12H24N2O2/c1-4-5-12(6-7-13-9-12)11(15)14-10(2)8-16-3/h10,13H,4-9H2,1-3H3,(H,14,15). The number of carbonyl (C=O) groups excluding carboxylic acids is 1. The van der Waals surface area contributed by atoms with Crippen molar-refractivity contribution >= 4 is 5.91 Å². The molecule has 1 aliphatic heterocycles. The smallest absolute Gasteiger partial charge is 0.227 e. The maximum atomic E-state index is 12.2. The molecule has 0 spiro atoms. The van der Waals surface area contributed by atoms with Crippen LogP contribution in [0.15, 0.2) is 0 Å². The van der Waals surface area contributed by atoms with E-state index < -0.39 is 0 Å². The average molecular weight is 228 g/mol. The first kappa shape index (κ1) is 13.5. The van der Waals surface area contributed by atoms with Crippen molar-refractivity contribution in [3.8, 4) is 0 Å². The van der Waals surface area contributed by atoms with Gasteiger partial charge in [0, 0.05) is 19.7 Å². The van der Waals surface area contributed by atoms with Gasteiger partial charge in [-0.25, -0.2) is 0 Å². The molecule has 16 heavy (non-hydrogen) atoms. The molecule has 0 aromatic rings. The summed E-state index contributed by atoms with van der Waals surface area (Å²) in [5, 5.41) is 6.34. The number of nitrogens with one attached hydrogen (secondary N) is 2. The van der Waals surface area contributed by atoms with Crippen LogP contribution in [0.2, 0.25) is 0 Å². The minimum absolute atomic E-state index is 0.0897. The highest BCUT2D eigenvalue weighted by Gasteiger charge is 2.40. The molecule has 1 saturated heterocycles. The third-order valence-electron chi connectivity index (χ3n) is 3.25. The predicted molar refractivity (Wildman–Crippen MR) is 64.3 cm³/mol. The molecule has 2 atom stereocenters. The molecule has 0 aromatic carbocycles. The normalized spacial score (nSPS) is 26.7. The van der Waals surface area contributed by atoms with E-state index in [1.165, 1.54) is 0 Å². The van der Waals surface area contributed by atoms with Crippen molar-refractivity contribution in [1.29, 1.82) is 0 Å². The van der Waals surface area contributed by atoms with Gasteiger partial charge >= 0.3 is 0 Å². The van der Waals surface area contributed by atoms with E-state index >= 15 is 0 Å². The van der Waals surface area contributed by atoms with E-state index in [4.69, 9.17) is 4.74 Å². The second kappa shape index (κ2) is 6.21. The molecule has 94 valence electrons. The molecular formula is C12H24N2O2. The van der Waals surface area contributed by atoms with E-state index in [2.05, 4.69) is 17.6 Å². The van der Waals surface area contributed by atoms with Crippen LogP contribution in [0.5, 0.6) is 0 Å².